The minimum absolute atomic E-state index is 0.0753. The van der Waals surface area contributed by atoms with Crippen molar-refractivity contribution in [2.45, 2.75) is 13.2 Å². The van der Waals surface area contributed by atoms with Gasteiger partial charge in [0.05, 0.1) is 5.69 Å². The first kappa shape index (κ1) is 19.7. The quantitative estimate of drug-likeness (QED) is 0.741. The van der Waals surface area contributed by atoms with E-state index in [-0.39, 0.29) is 12.5 Å². The van der Waals surface area contributed by atoms with E-state index in [1.54, 1.807) is 18.2 Å². The van der Waals surface area contributed by atoms with Crippen LogP contribution in [0.4, 0.5) is 14.5 Å². The highest BCUT2D eigenvalue weighted by atomic mass is 32.1. The molecule has 4 rings (SSSR count). The van der Waals surface area contributed by atoms with Crippen molar-refractivity contribution in [2.24, 2.45) is 0 Å². The Balaban J connectivity index is 1.30. The average Bonchev–Trinajstić information content (AvgIpc) is 3.17. The highest BCUT2D eigenvalue weighted by molar-refractivity contribution is 7.80. The molecular weight excluding hydrogens is 400 g/mol. The summed E-state index contributed by atoms with van der Waals surface area (Å²) < 4.78 is 40.5. The smallest absolute Gasteiger partial charge is 0.387 e. The second-order valence-corrected chi connectivity index (χ2v) is 7.14. The van der Waals surface area contributed by atoms with Gasteiger partial charge in [-0.15, -0.1) is 0 Å². The van der Waals surface area contributed by atoms with Crippen LogP contribution in [-0.4, -0.2) is 54.5 Å². The van der Waals surface area contributed by atoms with Crippen molar-refractivity contribution in [3.05, 3.63) is 48.0 Å². The number of rotatable bonds is 5. The molecule has 29 heavy (non-hydrogen) atoms. The molecule has 1 saturated heterocycles. The zero-order valence-electron chi connectivity index (χ0n) is 15.6. The van der Waals surface area contributed by atoms with Crippen LogP contribution in [0.15, 0.2) is 42.5 Å². The zero-order valence-corrected chi connectivity index (χ0v) is 16.5. The van der Waals surface area contributed by atoms with E-state index >= 15 is 0 Å². The lowest BCUT2D eigenvalue weighted by Gasteiger charge is -2.36. The maximum absolute atomic E-state index is 12.6. The number of piperazine rings is 1. The number of thiocarbonyl (C=S) groups is 1. The molecule has 154 valence electrons. The van der Waals surface area contributed by atoms with Gasteiger partial charge in [0.25, 0.3) is 0 Å². The van der Waals surface area contributed by atoms with Crippen molar-refractivity contribution in [2.75, 3.05) is 38.3 Å². The number of hydrogen-bond acceptors (Lipinski definition) is 5. The molecule has 1 fully saturated rings. The van der Waals surface area contributed by atoms with E-state index in [2.05, 4.69) is 15.0 Å². The molecule has 0 saturated carbocycles. The van der Waals surface area contributed by atoms with E-state index in [1.165, 1.54) is 11.6 Å². The highest BCUT2D eigenvalue weighted by Gasteiger charge is 2.21. The number of para-hydroxylation sites is 2. The molecule has 0 amide bonds. The predicted molar refractivity (Wildman–Crippen MR) is 109 cm³/mol. The molecule has 2 aromatic rings. The molecule has 0 unspecified atom stereocenters. The fraction of sp³-hybridized carbons (Fsp3) is 0.350. The summed E-state index contributed by atoms with van der Waals surface area (Å²) in [5.74, 6) is 1.65. The van der Waals surface area contributed by atoms with Crippen LogP contribution in [0.1, 0.15) is 5.56 Å². The maximum Gasteiger partial charge on any atom is 0.387 e. The van der Waals surface area contributed by atoms with Gasteiger partial charge in [0, 0.05) is 32.7 Å². The van der Waals surface area contributed by atoms with Crippen LogP contribution in [0.2, 0.25) is 0 Å². The fourth-order valence-electron chi connectivity index (χ4n) is 3.37. The minimum atomic E-state index is -2.88. The number of ether oxygens (including phenoxy) is 3. The van der Waals surface area contributed by atoms with Gasteiger partial charge in [-0.05, 0) is 42.0 Å². The van der Waals surface area contributed by atoms with Gasteiger partial charge in [-0.3, -0.25) is 4.90 Å². The molecular formula is C20H21F2N3O3S. The lowest BCUT2D eigenvalue weighted by Crippen LogP contribution is -2.49. The van der Waals surface area contributed by atoms with Gasteiger partial charge < -0.3 is 24.4 Å². The van der Waals surface area contributed by atoms with Crippen LogP contribution in [0.3, 0.4) is 0 Å². The molecule has 2 aliphatic heterocycles. The van der Waals surface area contributed by atoms with Crippen LogP contribution in [0.25, 0.3) is 0 Å². The number of anilines is 1. The van der Waals surface area contributed by atoms with Gasteiger partial charge in [0.1, 0.15) is 5.75 Å². The van der Waals surface area contributed by atoms with Crippen LogP contribution in [-0.2, 0) is 6.54 Å². The van der Waals surface area contributed by atoms with Gasteiger partial charge in [-0.25, -0.2) is 0 Å². The van der Waals surface area contributed by atoms with Crippen molar-refractivity contribution >= 4 is 23.0 Å². The van der Waals surface area contributed by atoms with Crippen molar-refractivity contribution in [3.8, 4) is 17.2 Å². The normalized spacial score (nSPS) is 16.2. The standard InChI is InChI=1S/C20H21F2N3O3S/c21-19(22)28-16-4-2-1-3-15(16)23-20(29)25-9-7-24(8-10-25)12-14-5-6-17-18(11-14)27-13-26-17/h1-6,11,19H,7-10,12-13H2,(H,23,29). The summed E-state index contributed by atoms with van der Waals surface area (Å²) in [6, 6.07) is 12.5. The second-order valence-electron chi connectivity index (χ2n) is 6.76. The van der Waals surface area contributed by atoms with E-state index < -0.39 is 6.61 Å². The average molecular weight is 421 g/mol. The summed E-state index contributed by atoms with van der Waals surface area (Å²) in [5.41, 5.74) is 1.60. The number of nitrogens with one attached hydrogen (secondary N) is 1. The molecule has 1 N–H and O–H groups in total. The Morgan fingerprint density at radius 3 is 2.62 bits per heavy atom. The largest absolute Gasteiger partial charge is 0.454 e. The van der Waals surface area contributed by atoms with Gasteiger partial charge in [0.2, 0.25) is 6.79 Å². The second kappa shape index (κ2) is 8.79. The fourth-order valence-corrected chi connectivity index (χ4v) is 3.66. The van der Waals surface area contributed by atoms with Crippen LogP contribution >= 0.6 is 12.2 Å². The first-order chi connectivity index (χ1) is 14.1. The summed E-state index contributed by atoms with van der Waals surface area (Å²) in [5, 5.41) is 3.53. The molecule has 0 bridgehead atoms. The highest BCUT2D eigenvalue weighted by Crippen LogP contribution is 2.33. The number of benzene rings is 2. The number of nitrogens with zero attached hydrogens (tertiary/aromatic N) is 2. The molecule has 9 heteroatoms. The lowest BCUT2D eigenvalue weighted by atomic mass is 10.1. The molecule has 2 heterocycles. The molecule has 2 aromatic carbocycles. The number of hydrogen-bond donors (Lipinski definition) is 1. The maximum atomic E-state index is 12.6. The first-order valence-electron chi connectivity index (χ1n) is 9.29. The van der Waals surface area contributed by atoms with E-state index in [9.17, 15) is 8.78 Å². The number of fused-ring (bicyclic) bond motifs is 1. The van der Waals surface area contributed by atoms with Crippen molar-refractivity contribution < 1.29 is 23.0 Å². The Labute approximate surface area is 172 Å². The van der Waals surface area contributed by atoms with Gasteiger partial charge >= 0.3 is 6.61 Å². The molecule has 0 radical (unpaired) electrons. The van der Waals surface area contributed by atoms with Gasteiger partial charge in [-0.2, -0.15) is 8.78 Å². The summed E-state index contributed by atoms with van der Waals surface area (Å²) in [7, 11) is 0. The molecule has 0 spiro atoms. The Kier molecular flexibility index (Phi) is 5.96. The van der Waals surface area contributed by atoms with E-state index in [0.717, 1.165) is 44.2 Å². The summed E-state index contributed by atoms with van der Waals surface area (Å²) in [6.07, 6.45) is 0. The van der Waals surface area contributed by atoms with Crippen LogP contribution < -0.4 is 19.5 Å². The van der Waals surface area contributed by atoms with E-state index in [1.807, 2.05) is 23.1 Å². The molecule has 2 aliphatic rings. The zero-order chi connectivity index (χ0) is 20.2. The monoisotopic (exact) mass is 421 g/mol. The lowest BCUT2D eigenvalue weighted by molar-refractivity contribution is -0.0493. The Bertz CT molecular complexity index is 876. The van der Waals surface area contributed by atoms with Gasteiger partial charge in [-0.1, -0.05) is 18.2 Å². The Morgan fingerprint density at radius 2 is 1.83 bits per heavy atom. The topological polar surface area (TPSA) is 46.2 Å². The third-order valence-electron chi connectivity index (χ3n) is 4.85. The minimum Gasteiger partial charge on any atom is -0.454 e. The predicted octanol–water partition coefficient (Wildman–Crippen LogP) is 3.53. The van der Waals surface area contributed by atoms with Crippen LogP contribution in [0, 0.1) is 0 Å². The Hall–Kier alpha value is -2.65. The van der Waals surface area contributed by atoms with Gasteiger partial charge in [0.15, 0.2) is 16.6 Å². The molecule has 6 nitrogen and oxygen atoms in total. The number of alkyl halides is 2. The van der Waals surface area contributed by atoms with Crippen molar-refractivity contribution in [1.29, 1.82) is 0 Å². The SMILES string of the molecule is FC(F)Oc1ccccc1NC(=S)N1CCN(Cc2ccc3c(c2)OCO3)CC1. The van der Waals surface area contributed by atoms with E-state index in [0.29, 0.717) is 10.8 Å². The third-order valence-corrected chi connectivity index (χ3v) is 5.21. The molecule has 0 atom stereocenters. The Morgan fingerprint density at radius 1 is 1.07 bits per heavy atom. The number of halogens is 2. The van der Waals surface area contributed by atoms with E-state index in [4.69, 9.17) is 21.7 Å². The molecule has 0 aromatic heterocycles. The summed E-state index contributed by atoms with van der Waals surface area (Å²) in [4.78, 5) is 4.37. The van der Waals surface area contributed by atoms with Crippen molar-refractivity contribution in [1.82, 2.24) is 9.80 Å². The molecule has 0 aliphatic carbocycles. The van der Waals surface area contributed by atoms with Crippen molar-refractivity contribution in [3.63, 3.8) is 0 Å². The summed E-state index contributed by atoms with van der Waals surface area (Å²) >= 11 is 5.47. The van der Waals surface area contributed by atoms with Crippen LogP contribution in [0.5, 0.6) is 17.2 Å². The summed E-state index contributed by atoms with van der Waals surface area (Å²) in [6.45, 7) is 1.37. The first-order valence-corrected chi connectivity index (χ1v) is 9.70. The third kappa shape index (κ3) is 4.86.